The van der Waals surface area contributed by atoms with Gasteiger partial charge in [0.25, 0.3) is 5.91 Å². The Hall–Kier alpha value is -3.61. The normalized spacial score (nSPS) is 19.2. The van der Waals surface area contributed by atoms with E-state index < -0.39 is 0 Å². The average molecular weight is 522 g/mol. The molecule has 6 rings (SSSR count). The third-order valence-corrected chi connectivity index (χ3v) is 8.46. The smallest absolute Gasteiger partial charge is 0.254 e. The number of hydrogen-bond acceptors (Lipinski definition) is 4. The first-order valence-electron chi connectivity index (χ1n) is 14.3. The topological polar surface area (TPSA) is 45.8 Å². The summed E-state index contributed by atoms with van der Waals surface area (Å²) in [4.78, 5) is 26.5. The number of H-pyrrole nitrogens is 1. The summed E-state index contributed by atoms with van der Waals surface area (Å²) in [5.41, 5.74) is 5.61. The van der Waals surface area contributed by atoms with Crippen LogP contribution < -0.4 is 4.90 Å². The molecule has 1 atom stereocenters. The number of carbonyl (C=O) groups excluding carboxylic acids is 1. The van der Waals surface area contributed by atoms with Crippen LogP contribution in [0.5, 0.6) is 0 Å². The van der Waals surface area contributed by atoms with Gasteiger partial charge in [0.15, 0.2) is 0 Å². The minimum Gasteiger partial charge on any atom is -0.369 e. The van der Waals surface area contributed by atoms with Gasteiger partial charge >= 0.3 is 0 Å². The van der Waals surface area contributed by atoms with Crippen LogP contribution in [-0.4, -0.2) is 90.0 Å². The van der Waals surface area contributed by atoms with Crippen LogP contribution in [0.1, 0.15) is 24.2 Å². The maximum absolute atomic E-state index is 13.5. The molecule has 0 saturated carbocycles. The van der Waals surface area contributed by atoms with Gasteiger partial charge in [-0.2, -0.15) is 0 Å². The summed E-state index contributed by atoms with van der Waals surface area (Å²) in [7, 11) is 0. The molecule has 4 aromatic rings. The second kappa shape index (κ2) is 11.2. The first kappa shape index (κ1) is 25.7. The molecule has 3 heterocycles. The van der Waals surface area contributed by atoms with E-state index in [1.54, 1.807) is 0 Å². The van der Waals surface area contributed by atoms with Crippen molar-refractivity contribution in [1.82, 2.24) is 19.7 Å². The maximum Gasteiger partial charge on any atom is 0.254 e. The molecule has 2 aliphatic rings. The van der Waals surface area contributed by atoms with Crippen molar-refractivity contribution in [2.75, 3.05) is 57.3 Å². The van der Waals surface area contributed by atoms with Crippen LogP contribution in [0, 0.1) is 0 Å². The first-order chi connectivity index (χ1) is 19.0. The summed E-state index contributed by atoms with van der Waals surface area (Å²) < 4.78 is 0. The lowest BCUT2D eigenvalue weighted by molar-refractivity contribution is 0.0256. The molecule has 3 aromatic carbocycles. The van der Waals surface area contributed by atoms with Crippen molar-refractivity contribution in [3.05, 3.63) is 90.6 Å². The quantitative estimate of drug-likeness (QED) is 0.379. The maximum atomic E-state index is 13.5. The molecule has 1 unspecified atom stereocenters. The molecule has 6 nitrogen and oxygen atoms in total. The molecule has 1 aromatic heterocycles. The fourth-order valence-electron chi connectivity index (χ4n) is 6.24. The van der Waals surface area contributed by atoms with Crippen molar-refractivity contribution in [2.24, 2.45) is 0 Å². The van der Waals surface area contributed by atoms with Crippen LogP contribution in [0.3, 0.4) is 0 Å². The van der Waals surface area contributed by atoms with Gasteiger partial charge < -0.3 is 14.8 Å². The second-order valence-corrected chi connectivity index (χ2v) is 11.2. The summed E-state index contributed by atoms with van der Waals surface area (Å²) in [6.45, 7) is 12.2. The standard InChI is InChI=1S/C33H39N5O/c1-25(2)38-21-20-37(33(39)29-9-8-28-14-15-34-32(28)22-29)24-31(38)23-35-16-18-36(19-17-35)30-12-10-27(11-13-30)26-6-4-3-5-7-26/h3-15,22,25,31,34H,16-21,23-24H2,1-2H3. The fourth-order valence-corrected chi connectivity index (χ4v) is 6.24. The van der Waals surface area contributed by atoms with Crippen LogP contribution in [-0.2, 0) is 0 Å². The van der Waals surface area contributed by atoms with Gasteiger partial charge in [-0.15, -0.1) is 0 Å². The average Bonchev–Trinajstić information content (AvgIpc) is 3.46. The molecule has 1 amide bonds. The molecule has 0 bridgehead atoms. The number of nitrogens with zero attached hydrogens (tertiary/aromatic N) is 4. The Morgan fingerprint density at radius 1 is 0.846 bits per heavy atom. The van der Waals surface area contributed by atoms with Gasteiger partial charge in [-0.1, -0.05) is 48.5 Å². The van der Waals surface area contributed by atoms with E-state index in [0.717, 1.165) is 68.8 Å². The van der Waals surface area contributed by atoms with E-state index in [1.807, 2.05) is 30.5 Å². The van der Waals surface area contributed by atoms with Crippen LogP contribution in [0.4, 0.5) is 5.69 Å². The Morgan fingerprint density at radius 3 is 2.33 bits per heavy atom. The molecule has 2 saturated heterocycles. The van der Waals surface area contributed by atoms with Gasteiger partial charge in [-0.05, 0) is 60.7 Å². The van der Waals surface area contributed by atoms with E-state index >= 15 is 0 Å². The van der Waals surface area contributed by atoms with Crippen molar-refractivity contribution in [3.8, 4) is 11.1 Å². The van der Waals surface area contributed by atoms with Gasteiger partial charge in [0.1, 0.15) is 0 Å². The van der Waals surface area contributed by atoms with Crippen LogP contribution in [0.2, 0.25) is 0 Å². The minimum absolute atomic E-state index is 0.142. The Balaban J connectivity index is 1.07. The highest BCUT2D eigenvalue weighted by Gasteiger charge is 2.33. The summed E-state index contributed by atoms with van der Waals surface area (Å²) in [5, 5.41) is 1.14. The number of amides is 1. The predicted octanol–water partition coefficient (Wildman–Crippen LogP) is 5.19. The molecular formula is C33H39N5O. The lowest BCUT2D eigenvalue weighted by Gasteiger charge is -2.46. The van der Waals surface area contributed by atoms with Crippen molar-refractivity contribution in [3.63, 3.8) is 0 Å². The van der Waals surface area contributed by atoms with Crippen LogP contribution >= 0.6 is 0 Å². The molecule has 6 heteroatoms. The lowest BCUT2D eigenvalue weighted by atomic mass is 10.0. The molecule has 0 aliphatic carbocycles. The van der Waals surface area contributed by atoms with Crippen molar-refractivity contribution in [1.29, 1.82) is 0 Å². The molecule has 39 heavy (non-hydrogen) atoms. The van der Waals surface area contributed by atoms with Crippen LogP contribution in [0.25, 0.3) is 22.0 Å². The predicted molar refractivity (Wildman–Crippen MR) is 160 cm³/mol. The molecule has 202 valence electrons. The summed E-state index contributed by atoms with van der Waals surface area (Å²) in [6.07, 6.45) is 1.93. The number of hydrogen-bond donors (Lipinski definition) is 1. The van der Waals surface area contributed by atoms with Crippen LogP contribution in [0.15, 0.2) is 85.1 Å². The largest absolute Gasteiger partial charge is 0.369 e. The highest BCUT2D eigenvalue weighted by atomic mass is 16.2. The first-order valence-corrected chi connectivity index (χ1v) is 14.3. The number of benzene rings is 3. The number of piperazine rings is 2. The Bertz CT molecular complexity index is 1390. The van der Waals surface area contributed by atoms with E-state index in [4.69, 9.17) is 0 Å². The van der Waals surface area contributed by atoms with E-state index in [0.29, 0.717) is 12.1 Å². The molecule has 1 N–H and O–H groups in total. The third-order valence-electron chi connectivity index (χ3n) is 8.46. The van der Waals surface area contributed by atoms with E-state index in [2.05, 4.69) is 93.0 Å². The number of fused-ring (bicyclic) bond motifs is 1. The number of aromatic amines is 1. The lowest BCUT2D eigenvalue weighted by Crippen LogP contribution is -2.61. The van der Waals surface area contributed by atoms with Gasteiger partial charge in [0.2, 0.25) is 0 Å². The van der Waals surface area contributed by atoms with Gasteiger partial charge in [0.05, 0.1) is 0 Å². The molecule has 2 aliphatic heterocycles. The molecule has 0 spiro atoms. The van der Waals surface area contributed by atoms with Crippen molar-refractivity contribution >= 4 is 22.5 Å². The SMILES string of the molecule is CC(C)N1CCN(C(=O)c2ccc3cc[nH]c3c2)CC1CN1CCN(c2ccc(-c3ccccc3)cc2)CC1. The second-order valence-electron chi connectivity index (χ2n) is 11.2. The Kier molecular flexibility index (Phi) is 7.40. The summed E-state index contributed by atoms with van der Waals surface area (Å²) in [5.74, 6) is 0.142. The number of anilines is 1. The molecule has 0 radical (unpaired) electrons. The highest BCUT2D eigenvalue weighted by Crippen LogP contribution is 2.25. The van der Waals surface area contributed by atoms with Gasteiger partial charge in [-0.3, -0.25) is 14.6 Å². The minimum atomic E-state index is 0.142. The zero-order valence-electron chi connectivity index (χ0n) is 23.1. The fraction of sp³-hybridized carbons (Fsp3) is 0.364. The number of aromatic nitrogens is 1. The van der Waals surface area contributed by atoms with Crippen molar-refractivity contribution in [2.45, 2.75) is 25.9 Å². The van der Waals surface area contributed by atoms with E-state index in [1.165, 1.54) is 16.8 Å². The number of rotatable bonds is 6. The molecular weight excluding hydrogens is 482 g/mol. The zero-order valence-corrected chi connectivity index (χ0v) is 23.1. The zero-order chi connectivity index (χ0) is 26.8. The summed E-state index contributed by atoms with van der Waals surface area (Å²) in [6, 6.07) is 28.4. The highest BCUT2D eigenvalue weighted by molar-refractivity contribution is 5.98. The number of nitrogens with one attached hydrogen (secondary N) is 1. The van der Waals surface area contributed by atoms with Crippen molar-refractivity contribution < 1.29 is 4.79 Å². The summed E-state index contributed by atoms with van der Waals surface area (Å²) >= 11 is 0. The monoisotopic (exact) mass is 521 g/mol. The Labute approximate surface area is 231 Å². The van der Waals surface area contributed by atoms with Gasteiger partial charge in [-0.25, -0.2) is 0 Å². The van der Waals surface area contributed by atoms with Gasteiger partial charge in [0, 0.05) is 87.4 Å². The molecule has 2 fully saturated rings. The number of carbonyl (C=O) groups is 1. The van der Waals surface area contributed by atoms with E-state index in [-0.39, 0.29) is 5.91 Å². The Morgan fingerprint density at radius 2 is 1.59 bits per heavy atom. The van der Waals surface area contributed by atoms with E-state index in [9.17, 15) is 4.79 Å². The third kappa shape index (κ3) is 5.58.